The molecule has 3 nitrogen and oxygen atoms in total. The zero-order valence-electron chi connectivity index (χ0n) is 7.76. The van der Waals surface area contributed by atoms with Gasteiger partial charge in [-0.3, -0.25) is 4.79 Å². The first kappa shape index (κ1) is 10.5. The largest absolute Gasteiger partial charge is 0.481 e. The number of hydrogen-bond donors (Lipinski definition) is 2. The number of hydrogen-bond acceptors (Lipinski definition) is 2. The molecule has 0 saturated carbocycles. The summed E-state index contributed by atoms with van der Waals surface area (Å²) in [5.41, 5.74) is 6.60. The minimum atomic E-state index is -0.948. The molecule has 1 rings (SSSR count). The van der Waals surface area contributed by atoms with Crippen LogP contribution in [-0.2, 0) is 4.79 Å². The molecule has 0 aliphatic heterocycles. The second-order valence-corrected chi connectivity index (χ2v) is 3.04. The van der Waals surface area contributed by atoms with Crippen LogP contribution in [-0.4, -0.2) is 11.1 Å². The van der Waals surface area contributed by atoms with Crippen LogP contribution in [0.15, 0.2) is 43.0 Å². The summed E-state index contributed by atoms with van der Waals surface area (Å²) < 4.78 is 0. The van der Waals surface area contributed by atoms with E-state index in [1.165, 1.54) is 6.08 Å². The van der Waals surface area contributed by atoms with Crippen LogP contribution < -0.4 is 5.73 Å². The maximum Gasteiger partial charge on any atom is 0.312 e. The standard InChI is InChI=1S/C11H13NO2/c1-2-9(11(13)14)10(12)8-6-4-3-5-7-8/h2-7,9-10H,1,12H2,(H,13,14). The van der Waals surface area contributed by atoms with Gasteiger partial charge in [-0.15, -0.1) is 6.58 Å². The van der Waals surface area contributed by atoms with E-state index in [0.717, 1.165) is 5.56 Å². The molecule has 0 aromatic heterocycles. The third kappa shape index (κ3) is 2.20. The van der Waals surface area contributed by atoms with Crippen molar-refractivity contribution in [3.8, 4) is 0 Å². The summed E-state index contributed by atoms with van der Waals surface area (Å²) in [6, 6.07) is 8.61. The second-order valence-electron chi connectivity index (χ2n) is 3.04. The van der Waals surface area contributed by atoms with Gasteiger partial charge in [-0.2, -0.15) is 0 Å². The molecule has 0 radical (unpaired) electrons. The van der Waals surface area contributed by atoms with Gasteiger partial charge in [0.1, 0.15) is 0 Å². The van der Waals surface area contributed by atoms with Crippen LogP contribution in [0.3, 0.4) is 0 Å². The molecule has 1 aromatic rings. The summed E-state index contributed by atoms with van der Waals surface area (Å²) >= 11 is 0. The molecule has 3 N–H and O–H groups in total. The number of rotatable bonds is 4. The Morgan fingerprint density at radius 3 is 2.43 bits per heavy atom. The number of benzene rings is 1. The fraction of sp³-hybridized carbons (Fsp3) is 0.182. The molecule has 2 atom stereocenters. The number of nitrogens with two attached hydrogens (primary N) is 1. The maximum atomic E-state index is 10.8. The first-order valence-electron chi connectivity index (χ1n) is 4.32. The van der Waals surface area contributed by atoms with Crippen LogP contribution in [0.25, 0.3) is 0 Å². The highest BCUT2D eigenvalue weighted by Gasteiger charge is 2.22. The number of carboxylic acid groups (broad SMARTS) is 1. The number of carboxylic acids is 1. The topological polar surface area (TPSA) is 63.3 Å². The molecule has 0 bridgehead atoms. The van der Waals surface area contributed by atoms with Gasteiger partial charge < -0.3 is 10.8 Å². The molecule has 2 unspecified atom stereocenters. The van der Waals surface area contributed by atoms with Crippen LogP contribution in [0.5, 0.6) is 0 Å². The van der Waals surface area contributed by atoms with Crippen molar-refractivity contribution in [2.24, 2.45) is 11.7 Å². The molecule has 3 heteroatoms. The van der Waals surface area contributed by atoms with Crippen molar-refractivity contribution in [1.82, 2.24) is 0 Å². The second kappa shape index (κ2) is 4.58. The van der Waals surface area contributed by atoms with Gasteiger partial charge in [0.15, 0.2) is 0 Å². The smallest absolute Gasteiger partial charge is 0.312 e. The molecule has 1 aromatic carbocycles. The van der Waals surface area contributed by atoms with Gasteiger partial charge in [0.25, 0.3) is 0 Å². The van der Waals surface area contributed by atoms with Gasteiger partial charge in [-0.05, 0) is 5.56 Å². The van der Waals surface area contributed by atoms with Gasteiger partial charge in [-0.25, -0.2) is 0 Å². The Hall–Kier alpha value is -1.61. The maximum absolute atomic E-state index is 10.8. The molecule has 0 spiro atoms. The zero-order chi connectivity index (χ0) is 10.6. The lowest BCUT2D eigenvalue weighted by molar-refractivity contribution is -0.140. The Balaban J connectivity index is 2.88. The third-order valence-corrected chi connectivity index (χ3v) is 2.11. The Kier molecular flexibility index (Phi) is 3.42. The van der Waals surface area contributed by atoms with E-state index in [-0.39, 0.29) is 0 Å². The monoisotopic (exact) mass is 191 g/mol. The molecule has 74 valence electrons. The van der Waals surface area contributed by atoms with Gasteiger partial charge in [0.2, 0.25) is 0 Å². The van der Waals surface area contributed by atoms with E-state index in [1.54, 1.807) is 0 Å². The summed E-state index contributed by atoms with van der Waals surface area (Å²) in [5, 5.41) is 8.85. The predicted molar refractivity (Wildman–Crippen MR) is 54.7 cm³/mol. The molecule has 0 fully saturated rings. The van der Waals surface area contributed by atoms with Crippen LogP contribution in [0.2, 0.25) is 0 Å². The minimum absolute atomic E-state index is 0.536. The molecule has 0 amide bonds. The summed E-state index contributed by atoms with van der Waals surface area (Å²) in [4.78, 5) is 10.8. The highest BCUT2D eigenvalue weighted by molar-refractivity contribution is 5.73. The number of aliphatic carboxylic acids is 1. The van der Waals surface area contributed by atoms with E-state index in [2.05, 4.69) is 6.58 Å². The Morgan fingerprint density at radius 2 is 2.00 bits per heavy atom. The van der Waals surface area contributed by atoms with Crippen molar-refractivity contribution >= 4 is 5.97 Å². The molecule has 14 heavy (non-hydrogen) atoms. The Morgan fingerprint density at radius 1 is 1.43 bits per heavy atom. The van der Waals surface area contributed by atoms with Gasteiger partial charge in [0, 0.05) is 6.04 Å². The average Bonchev–Trinajstić information content (AvgIpc) is 2.19. The molecule has 0 aliphatic rings. The van der Waals surface area contributed by atoms with Crippen molar-refractivity contribution in [2.45, 2.75) is 6.04 Å². The van der Waals surface area contributed by atoms with Gasteiger partial charge in [0.05, 0.1) is 5.92 Å². The lowest BCUT2D eigenvalue weighted by atomic mass is 9.94. The SMILES string of the molecule is C=CC(C(=O)O)C(N)c1ccccc1. The highest BCUT2D eigenvalue weighted by atomic mass is 16.4. The van der Waals surface area contributed by atoms with E-state index < -0.39 is 17.9 Å². The molecular weight excluding hydrogens is 178 g/mol. The third-order valence-electron chi connectivity index (χ3n) is 2.11. The quantitative estimate of drug-likeness (QED) is 0.710. The summed E-state index contributed by atoms with van der Waals surface area (Å²) in [6.45, 7) is 3.47. The van der Waals surface area contributed by atoms with Crippen molar-refractivity contribution < 1.29 is 9.90 Å². The lowest BCUT2D eigenvalue weighted by Gasteiger charge is -2.16. The van der Waals surface area contributed by atoms with E-state index in [0.29, 0.717) is 0 Å². The predicted octanol–water partition coefficient (Wildman–Crippen LogP) is 1.57. The normalized spacial score (nSPS) is 14.4. The van der Waals surface area contributed by atoms with Crippen LogP contribution in [0.1, 0.15) is 11.6 Å². The van der Waals surface area contributed by atoms with E-state index in [1.807, 2.05) is 30.3 Å². The minimum Gasteiger partial charge on any atom is -0.481 e. The Bertz CT molecular complexity index is 321. The molecule has 0 aliphatic carbocycles. The summed E-state index contributed by atoms with van der Waals surface area (Å²) in [5.74, 6) is -1.69. The van der Waals surface area contributed by atoms with Crippen LogP contribution in [0.4, 0.5) is 0 Å². The average molecular weight is 191 g/mol. The fourth-order valence-electron chi connectivity index (χ4n) is 1.28. The van der Waals surface area contributed by atoms with Crippen molar-refractivity contribution in [3.63, 3.8) is 0 Å². The highest BCUT2D eigenvalue weighted by Crippen LogP contribution is 2.20. The van der Waals surface area contributed by atoms with Crippen LogP contribution in [0, 0.1) is 5.92 Å². The molecular formula is C11H13NO2. The van der Waals surface area contributed by atoms with E-state index in [4.69, 9.17) is 10.8 Å². The first-order chi connectivity index (χ1) is 6.66. The van der Waals surface area contributed by atoms with Gasteiger partial charge in [-0.1, -0.05) is 36.4 Å². The Labute approximate surface area is 82.9 Å². The van der Waals surface area contributed by atoms with Crippen molar-refractivity contribution in [2.75, 3.05) is 0 Å². The molecule has 0 saturated heterocycles. The van der Waals surface area contributed by atoms with Gasteiger partial charge >= 0.3 is 5.97 Å². The first-order valence-corrected chi connectivity index (χ1v) is 4.32. The van der Waals surface area contributed by atoms with Crippen molar-refractivity contribution in [3.05, 3.63) is 48.6 Å². The zero-order valence-corrected chi connectivity index (χ0v) is 7.76. The van der Waals surface area contributed by atoms with Crippen molar-refractivity contribution in [1.29, 1.82) is 0 Å². The number of carbonyl (C=O) groups is 1. The van der Waals surface area contributed by atoms with Crippen LogP contribution >= 0.6 is 0 Å². The fourth-order valence-corrected chi connectivity index (χ4v) is 1.28. The lowest BCUT2D eigenvalue weighted by Crippen LogP contribution is -2.26. The van der Waals surface area contributed by atoms with E-state index >= 15 is 0 Å². The molecule has 0 heterocycles. The summed E-state index contributed by atoms with van der Waals surface area (Å²) in [7, 11) is 0. The van der Waals surface area contributed by atoms with E-state index in [9.17, 15) is 4.79 Å². The summed E-state index contributed by atoms with van der Waals surface area (Å²) in [6.07, 6.45) is 1.36.